The molecule has 2 heterocycles. The number of nitrogens with zero attached hydrogens (tertiary/aromatic N) is 1. The van der Waals surface area contributed by atoms with Gasteiger partial charge in [0.15, 0.2) is 0 Å². The molecule has 0 aliphatic carbocycles. The van der Waals surface area contributed by atoms with E-state index < -0.39 is 0 Å². The van der Waals surface area contributed by atoms with Gasteiger partial charge in [0.25, 0.3) is 11.1 Å². The fraction of sp³-hybridized carbons (Fsp3) is 0.111. The van der Waals surface area contributed by atoms with Crippen molar-refractivity contribution in [2.24, 2.45) is 0 Å². The molecule has 1 aliphatic rings. The van der Waals surface area contributed by atoms with Crippen LogP contribution in [-0.2, 0) is 4.79 Å². The van der Waals surface area contributed by atoms with E-state index in [0.717, 1.165) is 16.7 Å². The number of allylic oxidation sites excluding steroid dienone is 2. The third-order valence-electron chi connectivity index (χ3n) is 3.33. The molecule has 1 saturated heterocycles. The van der Waals surface area contributed by atoms with Gasteiger partial charge in [-0.2, -0.15) is 0 Å². The van der Waals surface area contributed by atoms with Crippen molar-refractivity contribution in [1.82, 2.24) is 4.90 Å². The van der Waals surface area contributed by atoms with Gasteiger partial charge in [0.1, 0.15) is 18.1 Å². The van der Waals surface area contributed by atoms with Crippen LogP contribution < -0.4 is 4.74 Å². The Labute approximate surface area is 153 Å². The van der Waals surface area contributed by atoms with E-state index >= 15 is 0 Å². The van der Waals surface area contributed by atoms with Crippen molar-refractivity contribution in [1.29, 1.82) is 0 Å². The van der Waals surface area contributed by atoms with Gasteiger partial charge in [0.05, 0.1) is 22.7 Å². The predicted octanol–water partition coefficient (Wildman–Crippen LogP) is 4.60. The van der Waals surface area contributed by atoms with Crippen molar-refractivity contribution < 1.29 is 18.7 Å². The molecule has 1 aromatic carbocycles. The molecule has 1 aliphatic heterocycles. The second-order valence-electron chi connectivity index (χ2n) is 5.01. The number of amides is 2. The van der Waals surface area contributed by atoms with Gasteiger partial charge in [-0.25, -0.2) is 0 Å². The number of hydrogen-bond donors (Lipinski definition) is 0. The Morgan fingerprint density at radius 3 is 2.80 bits per heavy atom. The fourth-order valence-electron chi connectivity index (χ4n) is 2.13. The molecule has 2 amide bonds. The molecule has 0 bridgehead atoms. The minimum absolute atomic E-state index is 0.162. The Bertz CT molecular complexity index is 829. The summed E-state index contributed by atoms with van der Waals surface area (Å²) < 4.78 is 10.7. The largest absolute Gasteiger partial charge is 0.490 e. The smallest absolute Gasteiger partial charge is 0.293 e. The minimum atomic E-state index is -0.332. The molecule has 0 spiro atoms. The lowest BCUT2D eigenvalue weighted by Crippen LogP contribution is -2.32. The van der Waals surface area contributed by atoms with Crippen LogP contribution in [0.1, 0.15) is 5.76 Å². The molecule has 0 saturated carbocycles. The van der Waals surface area contributed by atoms with Gasteiger partial charge in [-0.1, -0.05) is 29.8 Å². The van der Waals surface area contributed by atoms with Crippen LogP contribution in [0.15, 0.2) is 64.1 Å². The average molecular weight is 376 g/mol. The van der Waals surface area contributed by atoms with Crippen LogP contribution >= 0.6 is 23.4 Å². The summed E-state index contributed by atoms with van der Waals surface area (Å²) in [4.78, 5) is 25.8. The molecular weight excluding hydrogens is 362 g/mol. The number of benzene rings is 1. The van der Waals surface area contributed by atoms with Crippen molar-refractivity contribution in [2.45, 2.75) is 0 Å². The van der Waals surface area contributed by atoms with Crippen LogP contribution in [0.25, 0.3) is 6.08 Å². The van der Waals surface area contributed by atoms with Crippen molar-refractivity contribution in [3.8, 4) is 5.75 Å². The van der Waals surface area contributed by atoms with E-state index in [1.54, 1.807) is 60.9 Å². The summed E-state index contributed by atoms with van der Waals surface area (Å²) in [5, 5.41) is 0.171. The van der Waals surface area contributed by atoms with Gasteiger partial charge in [-0.3, -0.25) is 14.5 Å². The number of thioether (sulfide) groups is 1. The maximum Gasteiger partial charge on any atom is 0.293 e. The van der Waals surface area contributed by atoms with Gasteiger partial charge in [-0.15, -0.1) is 0 Å². The van der Waals surface area contributed by atoms with Crippen LogP contribution in [-0.4, -0.2) is 29.2 Å². The Kier molecular flexibility index (Phi) is 5.63. The van der Waals surface area contributed by atoms with Gasteiger partial charge in [0, 0.05) is 0 Å². The molecule has 0 atom stereocenters. The normalized spacial score (nSPS) is 16.4. The second-order valence-corrected chi connectivity index (χ2v) is 6.41. The first-order chi connectivity index (χ1) is 12.1. The van der Waals surface area contributed by atoms with Crippen LogP contribution in [0.2, 0.25) is 5.02 Å². The lowest BCUT2D eigenvalue weighted by Gasteiger charge is -2.13. The number of hydrogen-bond acceptors (Lipinski definition) is 5. The molecule has 5 nitrogen and oxygen atoms in total. The third kappa shape index (κ3) is 4.35. The maximum absolute atomic E-state index is 12.3. The zero-order valence-electron chi connectivity index (χ0n) is 13.1. The number of rotatable bonds is 6. The Balaban J connectivity index is 1.57. The average Bonchev–Trinajstić information content (AvgIpc) is 3.20. The Morgan fingerprint density at radius 1 is 1.20 bits per heavy atom. The summed E-state index contributed by atoms with van der Waals surface area (Å²) in [5.74, 6) is 0.860. The first-order valence-electron chi connectivity index (χ1n) is 7.48. The quantitative estimate of drug-likeness (QED) is 0.690. The van der Waals surface area contributed by atoms with Crippen molar-refractivity contribution in [3.63, 3.8) is 0 Å². The van der Waals surface area contributed by atoms with Crippen molar-refractivity contribution in [3.05, 3.63) is 70.5 Å². The van der Waals surface area contributed by atoms with Crippen LogP contribution in [0.5, 0.6) is 5.75 Å². The summed E-state index contributed by atoms with van der Waals surface area (Å²) >= 11 is 6.90. The number of imide groups is 1. The Morgan fingerprint density at radius 2 is 2.04 bits per heavy atom. The van der Waals surface area contributed by atoms with Crippen molar-refractivity contribution in [2.75, 3.05) is 13.2 Å². The molecule has 2 aromatic rings. The highest BCUT2D eigenvalue weighted by Crippen LogP contribution is 2.30. The molecular formula is C18H14ClNO4S. The van der Waals surface area contributed by atoms with Gasteiger partial charge in [0.2, 0.25) is 0 Å². The summed E-state index contributed by atoms with van der Waals surface area (Å²) in [7, 11) is 0. The van der Waals surface area contributed by atoms with E-state index in [1.165, 1.54) is 0 Å². The molecule has 7 heteroatoms. The van der Waals surface area contributed by atoms with E-state index in [0.29, 0.717) is 21.4 Å². The third-order valence-corrected chi connectivity index (χ3v) is 4.57. The van der Waals surface area contributed by atoms with Crippen LogP contribution in [0.3, 0.4) is 0 Å². The number of halogens is 1. The highest BCUT2D eigenvalue weighted by atomic mass is 35.5. The monoisotopic (exact) mass is 375 g/mol. The summed E-state index contributed by atoms with van der Waals surface area (Å²) in [5.41, 5.74) is 0. The molecule has 0 unspecified atom stereocenters. The summed E-state index contributed by atoms with van der Waals surface area (Å²) in [6, 6.07) is 10.6. The van der Waals surface area contributed by atoms with E-state index in [1.807, 2.05) is 0 Å². The van der Waals surface area contributed by atoms with Crippen molar-refractivity contribution >= 4 is 40.6 Å². The first-order valence-corrected chi connectivity index (χ1v) is 8.67. The Hall–Kier alpha value is -2.44. The zero-order chi connectivity index (χ0) is 17.6. The van der Waals surface area contributed by atoms with Crippen LogP contribution in [0.4, 0.5) is 4.79 Å². The molecule has 0 radical (unpaired) electrons. The molecule has 1 aromatic heterocycles. The fourth-order valence-corrected chi connectivity index (χ4v) is 3.14. The van der Waals surface area contributed by atoms with E-state index in [4.69, 9.17) is 20.8 Å². The second kappa shape index (κ2) is 8.09. The SMILES string of the molecule is O=C1S/C(=C\C=C\c2ccco2)C(=O)N1CCOc1ccccc1Cl. The number of carbonyl (C=O) groups is 2. The highest BCUT2D eigenvalue weighted by Gasteiger charge is 2.34. The topological polar surface area (TPSA) is 59.8 Å². The van der Waals surface area contributed by atoms with Gasteiger partial charge in [-0.05, 0) is 48.2 Å². The molecule has 1 fully saturated rings. The van der Waals surface area contributed by atoms with Crippen LogP contribution in [0, 0.1) is 0 Å². The lowest BCUT2D eigenvalue weighted by molar-refractivity contribution is -0.123. The van der Waals surface area contributed by atoms with E-state index in [2.05, 4.69) is 0 Å². The molecule has 3 rings (SSSR count). The van der Waals surface area contributed by atoms with E-state index in [-0.39, 0.29) is 24.3 Å². The predicted molar refractivity (Wildman–Crippen MR) is 97.5 cm³/mol. The minimum Gasteiger partial charge on any atom is -0.490 e. The summed E-state index contributed by atoms with van der Waals surface area (Å²) in [6.07, 6.45) is 6.56. The number of furan rings is 1. The standard InChI is InChI=1S/C18H14ClNO4S/c19-14-7-1-2-8-15(14)24-12-10-20-17(21)16(25-18(20)22)9-3-5-13-6-4-11-23-13/h1-9,11H,10,12H2/b5-3+,16-9-. The molecule has 128 valence electrons. The van der Waals surface area contributed by atoms with Gasteiger partial charge >= 0.3 is 0 Å². The number of carbonyl (C=O) groups excluding carboxylic acids is 2. The number of ether oxygens (including phenoxy) is 1. The summed E-state index contributed by atoms with van der Waals surface area (Å²) in [6.45, 7) is 0.340. The zero-order valence-corrected chi connectivity index (χ0v) is 14.6. The molecule has 25 heavy (non-hydrogen) atoms. The van der Waals surface area contributed by atoms with Gasteiger partial charge < -0.3 is 9.15 Å². The molecule has 0 N–H and O–H groups in total. The maximum atomic E-state index is 12.3. The van der Waals surface area contributed by atoms with E-state index in [9.17, 15) is 9.59 Å². The first kappa shape index (κ1) is 17.4. The highest BCUT2D eigenvalue weighted by molar-refractivity contribution is 8.18. The lowest BCUT2D eigenvalue weighted by atomic mass is 10.3. The number of para-hydroxylation sites is 1.